The molecule has 2 nitrogen and oxygen atoms in total. The molecule has 0 aliphatic heterocycles. The average Bonchev–Trinajstić information content (AvgIpc) is 2.48. The molecule has 98 valence electrons. The number of benzene rings is 2. The van der Waals surface area contributed by atoms with Crippen molar-refractivity contribution in [2.45, 2.75) is 19.8 Å². The maximum Gasteiger partial charge on any atom is 0.166 e. The van der Waals surface area contributed by atoms with E-state index in [1.807, 2.05) is 54.6 Å². The van der Waals surface area contributed by atoms with E-state index < -0.39 is 0 Å². The molecule has 0 unspecified atom stereocenters. The SMILES string of the molecule is CCc1cccc(C(=O)CCOc2ccccc2)c1. The van der Waals surface area contributed by atoms with E-state index in [0.717, 1.165) is 17.7 Å². The molecule has 0 spiro atoms. The number of carbonyl (C=O) groups is 1. The number of Topliss-reactive ketones (excluding diaryl/α,β-unsaturated/α-hetero) is 1. The minimum atomic E-state index is 0.131. The van der Waals surface area contributed by atoms with Crippen molar-refractivity contribution in [2.75, 3.05) is 6.61 Å². The van der Waals surface area contributed by atoms with Gasteiger partial charge in [0.1, 0.15) is 5.75 Å². The van der Waals surface area contributed by atoms with Crippen molar-refractivity contribution in [3.8, 4) is 5.75 Å². The lowest BCUT2D eigenvalue weighted by molar-refractivity contribution is 0.0962. The zero-order valence-corrected chi connectivity index (χ0v) is 11.1. The number of rotatable bonds is 6. The van der Waals surface area contributed by atoms with Crippen LogP contribution in [0.25, 0.3) is 0 Å². The van der Waals surface area contributed by atoms with Crippen molar-refractivity contribution in [3.05, 3.63) is 65.7 Å². The van der Waals surface area contributed by atoms with Gasteiger partial charge in [-0.1, -0.05) is 43.3 Å². The minimum absolute atomic E-state index is 0.131. The van der Waals surface area contributed by atoms with Gasteiger partial charge in [0.25, 0.3) is 0 Å². The maximum absolute atomic E-state index is 12.0. The summed E-state index contributed by atoms with van der Waals surface area (Å²) in [6.07, 6.45) is 1.35. The van der Waals surface area contributed by atoms with E-state index >= 15 is 0 Å². The largest absolute Gasteiger partial charge is 0.493 e. The molecular weight excluding hydrogens is 236 g/mol. The molecule has 0 aliphatic rings. The Hall–Kier alpha value is -2.09. The van der Waals surface area contributed by atoms with E-state index in [0.29, 0.717) is 13.0 Å². The lowest BCUT2D eigenvalue weighted by Gasteiger charge is -2.06. The second-order valence-electron chi connectivity index (χ2n) is 4.39. The van der Waals surface area contributed by atoms with Gasteiger partial charge >= 0.3 is 0 Å². The molecule has 0 aromatic heterocycles. The van der Waals surface area contributed by atoms with Crippen molar-refractivity contribution in [1.29, 1.82) is 0 Å². The summed E-state index contributed by atoms with van der Waals surface area (Å²) in [6.45, 7) is 2.50. The number of carbonyl (C=O) groups excluding carboxylic acids is 1. The summed E-state index contributed by atoms with van der Waals surface area (Å²) in [5.74, 6) is 0.934. The predicted molar refractivity (Wildman–Crippen MR) is 76.7 cm³/mol. The van der Waals surface area contributed by atoms with Gasteiger partial charge < -0.3 is 4.74 Å². The van der Waals surface area contributed by atoms with E-state index in [4.69, 9.17) is 4.74 Å². The molecule has 2 aromatic carbocycles. The topological polar surface area (TPSA) is 26.3 Å². The Labute approximate surface area is 114 Å². The van der Waals surface area contributed by atoms with E-state index in [2.05, 4.69) is 6.92 Å². The fourth-order valence-corrected chi connectivity index (χ4v) is 1.89. The Morgan fingerprint density at radius 1 is 1.05 bits per heavy atom. The highest BCUT2D eigenvalue weighted by Gasteiger charge is 2.06. The third kappa shape index (κ3) is 3.95. The molecule has 2 heteroatoms. The molecular formula is C17H18O2. The fourth-order valence-electron chi connectivity index (χ4n) is 1.89. The number of aryl methyl sites for hydroxylation is 1. The highest BCUT2D eigenvalue weighted by atomic mass is 16.5. The Morgan fingerprint density at radius 2 is 1.84 bits per heavy atom. The van der Waals surface area contributed by atoms with Gasteiger partial charge in [-0.05, 0) is 30.2 Å². The smallest absolute Gasteiger partial charge is 0.166 e. The van der Waals surface area contributed by atoms with Crippen LogP contribution in [-0.4, -0.2) is 12.4 Å². The monoisotopic (exact) mass is 254 g/mol. The van der Waals surface area contributed by atoms with Gasteiger partial charge in [-0.15, -0.1) is 0 Å². The van der Waals surface area contributed by atoms with Gasteiger partial charge in [0.2, 0.25) is 0 Å². The molecule has 0 fully saturated rings. The van der Waals surface area contributed by atoms with Crippen LogP contribution in [0.5, 0.6) is 5.75 Å². The molecule has 0 bridgehead atoms. The Balaban J connectivity index is 1.87. The van der Waals surface area contributed by atoms with Crippen LogP contribution in [0.1, 0.15) is 29.3 Å². The standard InChI is InChI=1S/C17H18O2/c1-2-14-7-6-8-15(13-14)17(18)11-12-19-16-9-4-3-5-10-16/h3-10,13H,2,11-12H2,1H3. The third-order valence-electron chi connectivity index (χ3n) is 3.00. The van der Waals surface area contributed by atoms with Crippen LogP contribution in [0.2, 0.25) is 0 Å². The first-order valence-corrected chi connectivity index (χ1v) is 6.59. The quantitative estimate of drug-likeness (QED) is 0.731. The highest BCUT2D eigenvalue weighted by molar-refractivity contribution is 5.96. The molecule has 19 heavy (non-hydrogen) atoms. The number of para-hydroxylation sites is 1. The van der Waals surface area contributed by atoms with Crippen molar-refractivity contribution >= 4 is 5.78 Å². The summed E-state index contributed by atoms with van der Waals surface area (Å²) >= 11 is 0. The summed E-state index contributed by atoms with van der Waals surface area (Å²) in [4.78, 5) is 12.0. The Bertz CT molecular complexity index is 532. The first kappa shape index (κ1) is 13.3. The molecule has 0 N–H and O–H groups in total. The fraction of sp³-hybridized carbons (Fsp3) is 0.235. The second-order valence-corrected chi connectivity index (χ2v) is 4.39. The normalized spacial score (nSPS) is 10.2. The lowest BCUT2D eigenvalue weighted by atomic mass is 10.0. The summed E-state index contributed by atoms with van der Waals surface area (Å²) < 4.78 is 5.53. The first-order valence-electron chi connectivity index (χ1n) is 6.59. The van der Waals surface area contributed by atoms with Crippen molar-refractivity contribution < 1.29 is 9.53 Å². The van der Waals surface area contributed by atoms with Gasteiger partial charge in [-0.25, -0.2) is 0 Å². The average molecular weight is 254 g/mol. The zero-order chi connectivity index (χ0) is 13.5. The number of hydrogen-bond donors (Lipinski definition) is 0. The summed E-state index contributed by atoms with van der Waals surface area (Å²) in [7, 11) is 0. The molecule has 0 saturated carbocycles. The zero-order valence-electron chi connectivity index (χ0n) is 11.1. The van der Waals surface area contributed by atoms with Crippen LogP contribution in [-0.2, 0) is 6.42 Å². The molecule has 0 amide bonds. The van der Waals surface area contributed by atoms with Gasteiger partial charge in [-0.2, -0.15) is 0 Å². The Morgan fingerprint density at radius 3 is 2.58 bits per heavy atom. The molecule has 0 saturated heterocycles. The van der Waals surface area contributed by atoms with E-state index in [-0.39, 0.29) is 5.78 Å². The Kier molecular flexibility index (Phi) is 4.73. The lowest BCUT2D eigenvalue weighted by Crippen LogP contribution is -2.07. The summed E-state index contributed by atoms with van der Waals surface area (Å²) in [6, 6.07) is 17.4. The maximum atomic E-state index is 12.0. The van der Waals surface area contributed by atoms with Crippen LogP contribution < -0.4 is 4.74 Å². The van der Waals surface area contributed by atoms with Crippen LogP contribution in [0, 0.1) is 0 Å². The van der Waals surface area contributed by atoms with Crippen LogP contribution in [0.15, 0.2) is 54.6 Å². The second kappa shape index (κ2) is 6.74. The van der Waals surface area contributed by atoms with Crippen molar-refractivity contribution in [3.63, 3.8) is 0 Å². The third-order valence-corrected chi connectivity index (χ3v) is 3.00. The number of hydrogen-bond acceptors (Lipinski definition) is 2. The minimum Gasteiger partial charge on any atom is -0.493 e. The van der Waals surface area contributed by atoms with Gasteiger partial charge in [0, 0.05) is 12.0 Å². The van der Waals surface area contributed by atoms with E-state index in [1.54, 1.807) is 0 Å². The van der Waals surface area contributed by atoms with Crippen LogP contribution in [0.3, 0.4) is 0 Å². The van der Waals surface area contributed by atoms with Gasteiger partial charge in [0.05, 0.1) is 6.61 Å². The van der Waals surface area contributed by atoms with Crippen molar-refractivity contribution in [2.24, 2.45) is 0 Å². The van der Waals surface area contributed by atoms with Crippen molar-refractivity contribution in [1.82, 2.24) is 0 Å². The highest BCUT2D eigenvalue weighted by Crippen LogP contribution is 2.11. The van der Waals surface area contributed by atoms with Crippen LogP contribution >= 0.6 is 0 Å². The molecule has 0 aliphatic carbocycles. The van der Waals surface area contributed by atoms with E-state index in [1.165, 1.54) is 5.56 Å². The van der Waals surface area contributed by atoms with Gasteiger partial charge in [0.15, 0.2) is 5.78 Å². The molecule has 2 rings (SSSR count). The molecule has 0 atom stereocenters. The first-order chi connectivity index (χ1) is 9.29. The number of ketones is 1. The summed E-state index contributed by atoms with van der Waals surface area (Å²) in [5.41, 5.74) is 1.96. The molecule has 2 aromatic rings. The van der Waals surface area contributed by atoms with Gasteiger partial charge in [-0.3, -0.25) is 4.79 Å². The summed E-state index contributed by atoms with van der Waals surface area (Å²) in [5, 5.41) is 0. The predicted octanol–water partition coefficient (Wildman–Crippen LogP) is 3.90. The van der Waals surface area contributed by atoms with Crippen LogP contribution in [0.4, 0.5) is 0 Å². The number of ether oxygens (including phenoxy) is 1. The molecule has 0 radical (unpaired) electrons. The molecule has 0 heterocycles. The van der Waals surface area contributed by atoms with E-state index in [9.17, 15) is 4.79 Å².